The second kappa shape index (κ2) is 27.0. The van der Waals surface area contributed by atoms with Gasteiger partial charge in [0, 0.05) is 32.8 Å². The van der Waals surface area contributed by atoms with E-state index in [4.69, 9.17) is 21.4 Å². The molecule has 6 nitrogen and oxygen atoms in total. The SMILES string of the molecule is CCC(CC)CO.CCC(CC)COC(=O)N(CC)CC.CCN(CC)C(=O)Cl.[H-].[Na+]. The number of amides is 2. The van der Waals surface area contributed by atoms with Crippen LogP contribution in [0, 0.1) is 11.8 Å². The number of aliphatic hydroxyl groups excluding tert-OH is 1. The smallest absolute Gasteiger partial charge is 1.00 e. The molecule has 0 atom stereocenters. The molecular weight excluding hydrogens is 415 g/mol. The van der Waals surface area contributed by atoms with Gasteiger partial charge in [0.1, 0.15) is 0 Å². The van der Waals surface area contributed by atoms with Crippen molar-refractivity contribution in [2.45, 2.75) is 81.1 Å². The van der Waals surface area contributed by atoms with Crippen LogP contribution in [-0.2, 0) is 4.74 Å². The molecule has 0 unspecified atom stereocenters. The predicted octanol–water partition coefficient (Wildman–Crippen LogP) is 3.12. The Kier molecular flexibility index (Phi) is 33.6. The molecule has 1 N–H and O–H groups in total. The molecule has 0 spiro atoms. The Balaban J connectivity index is -0.000000114. The van der Waals surface area contributed by atoms with Crippen molar-refractivity contribution in [2.24, 2.45) is 11.8 Å². The van der Waals surface area contributed by atoms with Crippen LogP contribution in [0.5, 0.6) is 0 Å². The summed E-state index contributed by atoms with van der Waals surface area (Å²) in [5.41, 5.74) is 0. The Bertz CT molecular complexity index is 375. The average molecular weight is 463 g/mol. The van der Waals surface area contributed by atoms with Gasteiger partial charge in [-0.15, -0.1) is 0 Å². The van der Waals surface area contributed by atoms with E-state index in [9.17, 15) is 9.59 Å². The van der Waals surface area contributed by atoms with E-state index in [0.717, 1.165) is 38.8 Å². The molecule has 0 aromatic heterocycles. The minimum Gasteiger partial charge on any atom is -1.00 e. The van der Waals surface area contributed by atoms with Crippen LogP contribution in [-0.4, -0.2) is 65.8 Å². The van der Waals surface area contributed by atoms with Gasteiger partial charge in [0.25, 0.3) is 0 Å². The van der Waals surface area contributed by atoms with Gasteiger partial charge in [-0.3, -0.25) is 4.79 Å². The number of carbonyl (C=O) groups excluding carboxylic acids is 2. The van der Waals surface area contributed by atoms with Crippen LogP contribution in [0.15, 0.2) is 0 Å². The molecule has 178 valence electrons. The van der Waals surface area contributed by atoms with Gasteiger partial charge in [0.2, 0.25) is 0 Å². The van der Waals surface area contributed by atoms with E-state index in [-0.39, 0.29) is 42.4 Å². The van der Waals surface area contributed by atoms with Crippen LogP contribution in [0.1, 0.15) is 82.5 Å². The summed E-state index contributed by atoms with van der Waals surface area (Å²) in [5.74, 6) is 1.05. The number of nitrogens with zero attached hydrogens (tertiary/aromatic N) is 2. The summed E-state index contributed by atoms with van der Waals surface area (Å²) in [6.45, 7) is 19.9. The van der Waals surface area contributed by atoms with E-state index in [0.29, 0.717) is 38.1 Å². The summed E-state index contributed by atoms with van der Waals surface area (Å²) in [6, 6.07) is 0. The zero-order valence-corrected chi connectivity index (χ0v) is 23.9. The van der Waals surface area contributed by atoms with E-state index in [1.54, 1.807) is 9.80 Å². The van der Waals surface area contributed by atoms with Crippen LogP contribution in [0.2, 0.25) is 0 Å². The Morgan fingerprint density at radius 3 is 1.33 bits per heavy atom. The minimum absolute atomic E-state index is 0. The first-order chi connectivity index (χ1) is 13.8. The van der Waals surface area contributed by atoms with Crippen molar-refractivity contribution in [1.82, 2.24) is 9.80 Å². The Hall–Kier alpha value is -0.0100. The van der Waals surface area contributed by atoms with Crippen LogP contribution in [0.25, 0.3) is 0 Å². The van der Waals surface area contributed by atoms with Crippen molar-refractivity contribution in [1.29, 1.82) is 0 Å². The number of rotatable bonds is 11. The molecule has 2 amide bonds. The maximum Gasteiger partial charge on any atom is 1.00 e. The predicted molar refractivity (Wildman–Crippen MR) is 125 cm³/mol. The third-order valence-corrected chi connectivity index (χ3v) is 5.28. The summed E-state index contributed by atoms with van der Waals surface area (Å²) in [6.07, 6.45) is 4.17. The number of aliphatic hydroxyl groups is 1. The van der Waals surface area contributed by atoms with Crippen molar-refractivity contribution in [3.05, 3.63) is 0 Å². The minimum atomic E-state index is -0.366. The fourth-order valence-electron chi connectivity index (χ4n) is 2.31. The molecule has 0 aliphatic heterocycles. The molecule has 0 radical (unpaired) electrons. The number of carbonyl (C=O) groups is 2. The third-order valence-electron chi connectivity index (χ3n) is 5.04. The summed E-state index contributed by atoms with van der Waals surface area (Å²) >= 11 is 5.13. The summed E-state index contributed by atoms with van der Waals surface area (Å²) < 4.78 is 5.22. The van der Waals surface area contributed by atoms with Gasteiger partial charge in [0.15, 0.2) is 0 Å². The molecule has 0 fully saturated rings. The molecular formula is C22H48ClN2NaO4. The molecule has 0 heterocycles. The van der Waals surface area contributed by atoms with Gasteiger partial charge in [-0.25, -0.2) is 4.79 Å². The van der Waals surface area contributed by atoms with Gasteiger partial charge < -0.3 is 21.1 Å². The monoisotopic (exact) mass is 462 g/mol. The van der Waals surface area contributed by atoms with Crippen molar-refractivity contribution < 1.29 is 50.4 Å². The second-order valence-electron chi connectivity index (χ2n) is 6.72. The van der Waals surface area contributed by atoms with Crippen LogP contribution < -0.4 is 29.6 Å². The van der Waals surface area contributed by atoms with Crippen LogP contribution >= 0.6 is 11.6 Å². The number of hydrogen-bond donors (Lipinski definition) is 1. The van der Waals surface area contributed by atoms with E-state index >= 15 is 0 Å². The van der Waals surface area contributed by atoms with E-state index in [1.165, 1.54) is 0 Å². The molecule has 0 aliphatic rings. The second-order valence-corrected chi connectivity index (χ2v) is 7.05. The number of hydrogen-bond acceptors (Lipinski definition) is 4. The van der Waals surface area contributed by atoms with Gasteiger partial charge >= 0.3 is 41.0 Å². The van der Waals surface area contributed by atoms with Gasteiger partial charge in [-0.05, 0) is 51.1 Å². The van der Waals surface area contributed by atoms with Crippen molar-refractivity contribution in [2.75, 3.05) is 39.4 Å². The van der Waals surface area contributed by atoms with Crippen LogP contribution in [0.3, 0.4) is 0 Å². The number of ether oxygens (including phenoxy) is 1. The average Bonchev–Trinajstić information content (AvgIpc) is 2.72. The third kappa shape index (κ3) is 21.2. The Labute approximate surface area is 214 Å². The standard InChI is InChI=1S/C11H23NO2.C6H14O.C5H10ClNO.Na.H/c1-5-10(6-2)9-14-11(13)12(7-3)8-4;1-3-6(4-2)5-7;1-3-7(4-2)5(6)8;;/h10H,5-9H2,1-4H3;6-7H,3-5H2,1-2H3;3-4H2,1-2H3;;/q;;;+1;-1. The molecule has 0 bridgehead atoms. The van der Waals surface area contributed by atoms with Crippen molar-refractivity contribution >= 4 is 23.1 Å². The first-order valence-electron chi connectivity index (χ1n) is 11.2. The van der Waals surface area contributed by atoms with E-state index in [1.807, 2.05) is 27.7 Å². The largest absolute Gasteiger partial charge is 1.00 e. The molecule has 0 saturated heterocycles. The Morgan fingerprint density at radius 2 is 1.17 bits per heavy atom. The molecule has 0 saturated carbocycles. The summed E-state index contributed by atoms with van der Waals surface area (Å²) in [4.78, 5) is 25.0. The van der Waals surface area contributed by atoms with Gasteiger partial charge in [0.05, 0.1) is 6.61 Å². The first-order valence-corrected chi connectivity index (χ1v) is 11.6. The molecule has 8 heteroatoms. The Morgan fingerprint density at radius 1 is 0.800 bits per heavy atom. The maximum atomic E-state index is 11.4. The quantitative estimate of drug-likeness (QED) is 0.291. The molecule has 0 rings (SSSR count). The zero-order valence-electron chi connectivity index (χ0n) is 22.2. The fraction of sp³-hybridized carbons (Fsp3) is 0.909. The normalized spacial score (nSPS) is 9.60. The maximum absolute atomic E-state index is 11.4. The zero-order chi connectivity index (χ0) is 23.2. The number of halogens is 1. The summed E-state index contributed by atoms with van der Waals surface area (Å²) in [5, 5.41) is 8.16. The van der Waals surface area contributed by atoms with Crippen LogP contribution in [0.4, 0.5) is 9.59 Å². The molecule has 0 aliphatic carbocycles. The molecule has 0 aromatic rings. The van der Waals surface area contributed by atoms with Crippen molar-refractivity contribution in [3.8, 4) is 0 Å². The van der Waals surface area contributed by atoms with E-state index in [2.05, 4.69) is 27.7 Å². The molecule has 0 aromatic carbocycles. The van der Waals surface area contributed by atoms with Gasteiger partial charge in [-0.2, -0.15) is 0 Å². The first kappa shape index (κ1) is 37.3. The van der Waals surface area contributed by atoms with Gasteiger partial charge in [-0.1, -0.05) is 53.4 Å². The summed E-state index contributed by atoms with van der Waals surface area (Å²) in [7, 11) is 0. The van der Waals surface area contributed by atoms with E-state index < -0.39 is 0 Å². The van der Waals surface area contributed by atoms with Crippen molar-refractivity contribution in [3.63, 3.8) is 0 Å². The fourth-order valence-corrected chi connectivity index (χ4v) is 2.54. The molecule has 30 heavy (non-hydrogen) atoms. The topological polar surface area (TPSA) is 70.1 Å².